The summed E-state index contributed by atoms with van der Waals surface area (Å²) in [5, 5.41) is 11.7. The van der Waals surface area contributed by atoms with Crippen molar-refractivity contribution in [3.05, 3.63) is 23.2 Å². The lowest BCUT2D eigenvalue weighted by Crippen LogP contribution is -2.28. The van der Waals surface area contributed by atoms with Crippen LogP contribution < -0.4 is 5.32 Å². The molecule has 0 aliphatic heterocycles. The summed E-state index contributed by atoms with van der Waals surface area (Å²) in [4.78, 5) is 30.1. The quantitative estimate of drug-likeness (QED) is 0.768. The van der Waals surface area contributed by atoms with Crippen molar-refractivity contribution in [2.75, 3.05) is 6.54 Å². The molecule has 21 heavy (non-hydrogen) atoms. The standard InChI is InChI=1S/C14H20ClN3O3/c1-9(2)10(3-4-13(19)20)5-6-16-14(21)11-7-18-12(15)8-17-11/h7-10H,3-6H2,1-2H3,(H,16,21)(H,19,20). The van der Waals surface area contributed by atoms with Crippen molar-refractivity contribution in [3.8, 4) is 0 Å². The van der Waals surface area contributed by atoms with Crippen molar-refractivity contribution < 1.29 is 14.7 Å². The Morgan fingerprint density at radius 1 is 1.29 bits per heavy atom. The minimum Gasteiger partial charge on any atom is -0.481 e. The second-order valence-corrected chi connectivity index (χ2v) is 5.59. The van der Waals surface area contributed by atoms with E-state index in [1.807, 2.05) is 0 Å². The Bertz CT molecular complexity index is 477. The van der Waals surface area contributed by atoms with Gasteiger partial charge in [-0.3, -0.25) is 9.59 Å². The molecule has 0 saturated heterocycles. The van der Waals surface area contributed by atoms with E-state index in [9.17, 15) is 9.59 Å². The fraction of sp³-hybridized carbons (Fsp3) is 0.571. The highest BCUT2D eigenvalue weighted by Gasteiger charge is 2.15. The van der Waals surface area contributed by atoms with Gasteiger partial charge in [-0.2, -0.15) is 0 Å². The Balaban J connectivity index is 2.40. The van der Waals surface area contributed by atoms with Gasteiger partial charge in [0, 0.05) is 13.0 Å². The Morgan fingerprint density at radius 2 is 2.00 bits per heavy atom. The second kappa shape index (κ2) is 8.56. The molecule has 1 rings (SSSR count). The number of nitrogens with zero attached hydrogens (tertiary/aromatic N) is 2. The number of amides is 1. The molecule has 0 bridgehead atoms. The third-order valence-corrected chi connectivity index (χ3v) is 3.52. The molecular weight excluding hydrogens is 294 g/mol. The van der Waals surface area contributed by atoms with Crippen LogP contribution in [0.2, 0.25) is 5.15 Å². The highest BCUT2D eigenvalue weighted by molar-refractivity contribution is 6.29. The van der Waals surface area contributed by atoms with E-state index in [4.69, 9.17) is 16.7 Å². The number of carboxylic acids is 1. The molecule has 0 aliphatic rings. The van der Waals surface area contributed by atoms with Gasteiger partial charge >= 0.3 is 5.97 Å². The molecule has 116 valence electrons. The first kappa shape index (κ1) is 17.4. The summed E-state index contributed by atoms with van der Waals surface area (Å²) in [6.45, 7) is 4.59. The summed E-state index contributed by atoms with van der Waals surface area (Å²) in [5.74, 6) is -0.463. The molecule has 0 saturated carbocycles. The first-order valence-electron chi connectivity index (χ1n) is 6.87. The number of carboxylic acid groups (broad SMARTS) is 1. The van der Waals surface area contributed by atoms with Crippen LogP contribution in [0.15, 0.2) is 12.4 Å². The van der Waals surface area contributed by atoms with Crippen LogP contribution in [0.25, 0.3) is 0 Å². The molecule has 1 amide bonds. The highest BCUT2D eigenvalue weighted by Crippen LogP contribution is 2.20. The van der Waals surface area contributed by atoms with Crippen LogP contribution in [0.5, 0.6) is 0 Å². The molecule has 1 heterocycles. The lowest BCUT2D eigenvalue weighted by Gasteiger charge is -2.20. The van der Waals surface area contributed by atoms with Crippen LogP contribution in [0, 0.1) is 11.8 Å². The Kier molecular flexibility index (Phi) is 7.08. The zero-order valence-electron chi connectivity index (χ0n) is 12.2. The summed E-state index contributed by atoms with van der Waals surface area (Å²) in [7, 11) is 0. The van der Waals surface area contributed by atoms with Crippen LogP contribution in [-0.2, 0) is 4.79 Å². The van der Waals surface area contributed by atoms with Gasteiger partial charge in [-0.25, -0.2) is 9.97 Å². The minimum atomic E-state index is -0.791. The predicted molar refractivity (Wildman–Crippen MR) is 79.2 cm³/mol. The maximum atomic E-state index is 11.8. The number of halogens is 1. The Labute approximate surface area is 128 Å². The monoisotopic (exact) mass is 313 g/mol. The van der Waals surface area contributed by atoms with Gasteiger partial charge in [0.05, 0.1) is 12.4 Å². The van der Waals surface area contributed by atoms with Crippen LogP contribution in [0.4, 0.5) is 0 Å². The van der Waals surface area contributed by atoms with Gasteiger partial charge in [-0.05, 0) is 24.7 Å². The molecular formula is C14H20ClN3O3. The Morgan fingerprint density at radius 3 is 2.52 bits per heavy atom. The van der Waals surface area contributed by atoms with Gasteiger partial charge in [0.15, 0.2) is 0 Å². The molecule has 1 aromatic heterocycles. The predicted octanol–water partition coefficient (Wildman–Crippen LogP) is 2.39. The van der Waals surface area contributed by atoms with Crippen molar-refractivity contribution in [2.45, 2.75) is 33.1 Å². The SMILES string of the molecule is CC(C)C(CCNC(=O)c1cnc(Cl)cn1)CCC(=O)O. The van der Waals surface area contributed by atoms with Crippen LogP contribution >= 0.6 is 11.6 Å². The summed E-state index contributed by atoms with van der Waals surface area (Å²) >= 11 is 5.60. The van der Waals surface area contributed by atoms with Crippen LogP contribution in [0.1, 0.15) is 43.6 Å². The van der Waals surface area contributed by atoms with Crippen LogP contribution in [0.3, 0.4) is 0 Å². The maximum Gasteiger partial charge on any atom is 0.303 e. The number of aromatic nitrogens is 2. The van der Waals surface area contributed by atoms with Crippen molar-refractivity contribution in [1.82, 2.24) is 15.3 Å². The Hall–Kier alpha value is -1.69. The van der Waals surface area contributed by atoms with E-state index in [-0.39, 0.29) is 29.1 Å². The third kappa shape index (κ3) is 6.53. The topological polar surface area (TPSA) is 92.2 Å². The van der Waals surface area contributed by atoms with E-state index in [0.717, 1.165) is 6.42 Å². The molecule has 0 fully saturated rings. The molecule has 1 unspecified atom stereocenters. The van der Waals surface area contributed by atoms with Crippen molar-refractivity contribution >= 4 is 23.5 Å². The third-order valence-electron chi connectivity index (χ3n) is 3.33. The normalized spacial score (nSPS) is 12.2. The fourth-order valence-corrected chi connectivity index (χ4v) is 2.11. The first-order chi connectivity index (χ1) is 9.90. The molecule has 0 aliphatic carbocycles. The number of hydrogen-bond acceptors (Lipinski definition) is 4. The molecule has 1 atom stereocenters. The highest BCUT2D eigenvalue weighted by atomic mass is 35.5. The lowest BCUT2D eigenvalue weighted by molar-refractivity contribution is -0.137. The number of rotatable bonds is 8. The molecule has 2 N–H and O–H groups in total. The summed E-state index contributed by atoms with van der Waals surface area (Å²) in [6, 6.07) is 0. The molecule has 0 spiro atoms. The van der Waals surface area contributed by atoms with E-state index < -0.39 is 5.97 Å². The van der Waals surface area contributed by atoms with Gasteiger partial charge < -0.3 is 10.4 Å². The largest absolute Gasteiger partial charge is 0.481 e. The number of nitrogens with one attached hydrogen (secondary N) is 1. The van der Waals surface area contributed by atoms with Gasteiger partial charge in [0.1, 0.15) is 10.8 Å². The smallest absolute Gasteiger partial charge is 0.303 e. The lowest BCUT2D eigenvalue weighted by atomic mass is 9.88. The molecule has 1 aromatic rings. The van der Waals surface area contributed by atoms with Crippen molar-refractivity contribution in [2.24, 2.45) is 11.8 Å². The zero-order valence-corrected chi connectivity index (χ0v) is 12.9. The van der Waals surface area contributed by atoms with E-state index in [2.05, 4.69) is 29.1 Å². The van der Waals surface area contributed by atoms with Gasteiger partial charge in [-0.1, -0.05) is 25.4 Å². The molecule has 0 radical (unpaired) electrons. The first-order valence-corrected chi connectivity index (χ1v) is 7.25. The number of hydrogen-bond donors (Lipinski definition) is 2. The summed E-state index contributed by atoms with van der Waals surface area (Å²) < 4.78 is 0. The zero-order chi connectivity index (χ0) is 15.8. The van der Waals surface area contributed by atoms with E-state index in [1.54, 1.807) is 0 Å². The van der Waals surface area contributed by atoms with E-state index >= 15 is 0 Å². The average Bonchev–Trinajstić information content (AvgIpc) is 2.42. The van der Waals surface area contributed by atoms with Gasteiger partial charge in [0.25, 0.3) is 5.91 Å². The summed E-state index contributed by atoms with van der Waals surface area (Å²) in [6.07, 6.45) is 4.14. The van der Waals surface area contributed by atoms with E-state index in [1.165, 1.54) is 12.4 Å². The van der Waals surface area contributed by atoms with Gasteiger partial charge in [0.2, 0.25) is 0 Å². The molecule has 0 aromatic carbocycles. The minimum absolute atomic E-state index is 0.152. The van der Waals surface area contributed by atoms with Gasteiger partial charge in [-0.15, -0.1) is 0 Å². The average molecular weight is 314 g/mol. The fourth-order valence-electron chi connectivity index (χ4n) is 2.01. The summed E-state index contributed by atoms with van der Waals surface area (Å²) in [5.41, 5.74) is 0.214. The number of carbonyl (C=O) groups is 2. The van der Waals surface area contributed by atoms with Crippen molar-refractivity contribution in [3.63, 3.8) is 0 Å². The molecule has 7 heteroatoms. The molecule has 6 nitrogen and oxygen atoms in total. The number of carbonyl (C=O) groups excluding carboxylic acids is 1. The number of aliphatic carboxylic acids is 1. The van der Waals surface area contributed by atoms with E-state index in [0.29, 0.717) is 18.9 Å². The second-order valence-electron chi connectivity index (χ2n) is 5.21. The maximum absolute atomic E-state index is 11.8. The van der Waals surface area contributed by atoms with Crippen molar-refractivity contribution in [1.29, 1.82) is 0 Å². The van der Waals surface area contributed by atoms with Crippen LogP contribution in [-0.4, -0.2) is 33.5 Å².